The summed E-state index contributed by atoms with van der Waals surface area (Å²) in [6, 6.07) is 7.82. The van der Waals surface area contributed by atoms with Crippen LogP contribution in [0.2, 0.25) is 5.15 Å². The molecule has 22 heavy (non-hydrogen) atoms. The van der Waals surface area contributed by atoms with Gasteiger partial charge in [0.05, 0.1) is 6.54 Å². The first-order valence-electron chi connectivity index (χ1n) is 6.00. The van der Waals surface area contributed by atoms with Crippen LogP contribution in [0.5, 0.6) is 0 Å². The van der Waals surface area contributed by atoms with Gasteiger partial charge in [-0.1, -0.05) is 28.9 Å². The van der Waals surface area contributed by atoms with E-state index in [1.54, 1.807) is 24.4 Å². The van der Waals surface area contributed by atoms with Crippen molar-refractivity contribution in [1.29, 1.82) is 0 Å². The van der Waals surface area contributed by atoms with E-state index >= 15 is 0 Å². The highest BCUT2D eigenvalue weighted by molar-refractivity contribution is 6.29. The molecule has 0 spiro atoms. The average Bonchev–Trinajstić information content (AvgIpc) is 2.47. The van der Waals surface area contributed by atoms with Crippen molar-refractivity contribution in [2.45, 2.75) is 12.7 Å². The number of alkyl halides is 3. The van der Waals surface area contributed by atoms with E-state index in [0.29, 0.717) is 5.15 Å². The standard InChI is InChI=1S/C13H10ClF3N4O/c14-10-5-4-9(7-18-10)8-21-6-2-1-3-11(21)19-12(20-22)13(15,16)17/h1-7,22H,8H2/b19-11+,20-12?. The van der Waals surface area contributed by atoms with Crippen LogP contribution in [0.25, 0.3) is 0 Å². The first-order valence-corrected chi connectivity index (χ1v) is 6.38. The minimum Gasteiger partial charge on any atom is -0.409 e. The maximum atomic E-state index is 12.6. The fraction of sp³-hybridized carbons (Fsp3) is 0.154. The molecule has 0 saturated heterocycles. The molecule has 0 bridgehead atoms. The molecule has 0 saturated carbocycles. The van der Waals surface area contributed by atoms with E-state index in [1.165, 1.54) is 22.9 Å². The lowest BCUT2D eigenvalue weighted by molar-refractivity contribution is -0.0620. The number of amidine groups is 1. The molecule has 0 fully saturated rings. The van der Waals surface area contributed by atoms with Crippen molar-refractivity contribution in [3.05, 3.63) is 58.9 Å². The summed E-state index contributed by atoms with van der Waals surface area (Å²) in [4.78, 5) is 7.25. The van der Waals surface area contributed by atoms with E-state index in [-0.39, 0.29) is 12.0 Å². The molecule has 5 nitrogen and oxygen atoms in total. The molecule has 2 aromatic heterocycles. The minimum atomic E-state index is -4.84. The highest BCUT2D eigenvalue weighted by Gasteiger charge is 2.36. The van der Waals surface area contributed by atoms with Crippen LogP contribution in [0, 0.1) is 0 Å². The fourth-order valence-corrected chi connectivity index (χ4v) is 1.76. The molecule has 2 heterocycles. The number of pyridine rings is 2. The molecule has 0 unspecified atom stereocenters. The van der Waals surface area contributed by atoms with Gasteiger partial charge in [-0.15, -0.1) is 0 Å². The third-order valence-electron chi connectivity index (χ3n) is 2.63. The van der Waals surface area contributed by atoms with E-state index in [1.807, 2.05) is 0 Å². The van der Waals surface area contributed by atoms with E-state index in [4.69, 9.17) is 16.8 Å². The fourth-order valence-electron chi connectivity index (χ4n) is 1.65. The zero-order valence-electron chi connectivity index (χ0n) is 11.0. The van der Waals surface area contributed by atoms with Crippen molar-refractivity contribution in [3.8, 4) is 0 Å². The van der Waals surface area contributed by atoms with Crippen LogP contribution in [-0.4, -0.2) is 26.8 Å². The first-order chi connectivity index (χ1) is 10.4. The van der Waals surface area contributed by atoms with Crippen LogP contribution >= 0.6 is 11.6 Å². The van der Waals surface area contributed by atoms with Gasteiger partial charge in [-0.2, -0.15) is 13.2 Å². The van der Waals surface area contributed by atoms with Crippen molar-refractivity contribution in [1.82, 2.24) is 9.55 Å². The van der Waals surface area contributed by atoms with Gasteiger partial charge < -0.3 is 9.77 Å². The second-order valence-electron chi connectivity index (χ2n) is 4.21. The average molecular weight is 331 g/mol. The maximum Gasteiger partial charge on any atom is 0.455 e. The summed E-state index contributed by atoms with van der Waals surface area (Å²) in [6.07, 6.45) is -1.78. The van der Waals surface area contributed by atoms with Gasteiger partial charge in [0.1, 0.15) is 10.6 Å². The van der Waals surface area contributed by atoms with Gasteiger partial charge in [0.2, 0.25) is 0 Å². The van der Waals surface area contributed by atoms with E-state index in [9.17, 15) is 13.2 Å². The van der Waals surface area contributed by atoms with Crippen LogP contribution in [0.15, 0.2) is 52.9 Å². The Bertz CT molecular complexity index is 738. The summed E-state index contributed by atoms with van der Waals surface area (Å²) < 4.78 is 39.2. The molecule has 0 aliphatic rings. The summed E-state index contributed by atoms with van der Waals surface area (Å²) in [5.41, 5.74) is 0.717. The topological polar surface area (TPSA) is 62.8 Å². The molecular formula is C13H10ClF3N4O. The SMILES string of the molecule is ON=C(/N=c1\ccccn1Cc1ccc(Cl)nc1)C(F)(F)F. The van der Waals surface area contributed by atoms with Gasteiger partial charge in [-0.05, 0) is 23.8 Å². The summed E-state index contributed by atoms with van der Waals surface area (Å²) in [5.74, 6) is -1.62. The summed E-state index contributed by atoms with van der Waals surface area (Å²) in [7, 11) is 0. The van der Waals surface area contributed by atoms with Gasteiger partial charge in [-0.3, -0.25) is 0 Å². The number of halogens is 4. The second-order valence-corrected chi connectivity index (χ2v) is 4.60. The van der Waals surface area contributed by atoms with Gasteiger partial charge in [0.25, 0.3) is 5.84 Å². The zero-order chi connectivity index (χ0) is 16.2. The van der Waals surface area contributed by atoms with Crippen LogP contribution in [-0.2, 0) is 6.54 Å². The first kappa shape index (κ1) is 16.0. The van der Waals surface area contributed by atoms with Crippen LogP contribution < -0.4 is 5.49 Å². The Balaban J connectivity index is 2.40. The Morgan fingerprint density at radius 1 is 1.27 bits per heavy atom. The van der Waals surface area contributed by atoms with Crippen LogP contribution in [0.4, 0.5) is 13.2 Å². The molecule has 1 N–H and O–H groups in total. The number of nitrogens with zero attached hydrogens (tertiary/aromatic N) is 4. The predicted molar refractivity (Wildman–Crippen MR) is 73.6 cm³/mol. The molecule has 0 amide bonds. The lowest BCUT2D eigenvalue weighted by Crippen LogP contribution is -2.28. The lowest BCUT2D eigenvalue weighted by atomic mass is 10.3. The van der Waals surface area contributed by atoms with Gasteiger partial charge >= 0.3 is 6.18 Å². The highest BCUT2D eigenvalue weighted by Crippen LogP contribution is 2.17. The Morgan fingerprint density at radius 3 is 2.64 bits per heavy atom. The largest absolute Gasteiger partial charge is 0.455 e. The van der Waals surface area contributed by atoms with E-state index < -0.39 is 12.0 Å². The van der Waals surface area contributed by atoms with E-state index in [0.717, 1.165) is 5.56 Å². The van der Waals surface area contributed by atoms with E-state index in [2.05, 4.69) is 15.1 Å². The Kier molecular flexibility index (Phi) is 4.81. The molecule has 0 atom stereocenters. The number of aromatic nitrogens is 2. The van der Waals surface area contributed by atoms with Gasteiger partial charge in [-0.25, -0.2) is 9.98 Å². The summed E-state index contributed by atoms with van der Waals surface area (Å²) in [5, 5.41) is 11.0. The Hall–Kier alpha value is -2.35. The number of hydrogen-bond acceptors (Lipinski definition) is 3. The number of hydrogen-bond donors (Lipinski definition) is 1. The normalized spacial score (nSPS) is 13.5. The van der Waals surface area contributed by atoms with Crippen molar-refractivity contribution in [2.24, 2.45) is 10.1 Å². The van der Waals surface area contributed by atoms with Crippen molar-refractivity contribution < 1.29 is 18.4 Å². The van der Waals surface area contributed by atoms with Crippen LogP contribution in [0.1, 0.15) is 5.56 Å². The quantitative estimate of drug-likeness (QED) is 0.302. The molecule has 0 aliphatic carbocycles. The monoisotopic (exact) mass is 330 g/mol. The van der Waals surface area contributed by atoms with Gasteiger partial charge in [0, 0.05) is 12.4 Å². The molecule has 0 aromatic carbocycles. The highest BCUT2D eigenvalue weighted by atomic mass is 35.5. The smallest absolute Gasteiger partial charge is 0.409 e. The lowest BCUT2D eigenvalue weighted by Gasteiger charge is -2.08. The zero-order valence-corrected chi connectivity index (χ0v) is 11.8. The van der Waals surface area contributed by atoms with Gasteiger partial charge in [0.15, 0.2) is 0 Å². The molecule has 0 radical (unpaired) electrons. The molecule has 116 valence electrons. The third-order valence-corrected chi connectivity index (χ3v) is 2.85. The molecule has 9 heteroatoms. The predicted octanol–water partition coefficient (Wildman–Crippen LogP) is 2.84. The van der Waals surface area contributed by atoms with Crippen molar-refractivity contribution in [2.75, 3.05) is 0 Å². The Morgan fingerprint density at radius 2 is 2.05 bits per heavy atom. The summed E-state index contributed by atoms with van der Waals surface area (Å²) in [6.45, 7) is 0.237. The third kappa shape index (κ3) is 4.08. The van der Waals surface area contributed by atoms with Crippen molar-refractivity contribution >= 4 is 17.4 Å². The molecule has 0 aliphatic heterocycles. The number of rotatable bonds is 2. The minimum absolute atomic E-state index is 0.0115. The van der Waals surface area contributed by atoms with Crippen molar-refractivity contribution in [3.63, 3.8) is 0 Å². The second kappa shape index (κ2) is 6.61. The maximum absolute atomic E-state index is 12.6. The molecular weight excluding hydrogens is 321 g/mol. The molecule has 2 aromatic rings. The Labute approximate surface area is 128 Å². The molecule has 2 rings (SSSR count). The van der Waals surface area contributed by atoms with Crippen LogP contribution in [0.3, 0.4) is 0 Å². The summed E-state index contributed by atoms with van der Waals surface area (Å²) >= 11 is 5.68. The number of oxime groups is 1.